The molecule has 2 aromatic carbocycles. The van der Waals surface area contributed by atoms with E-state index in [0.29, 0.717) is 22.9 Å². The van der Waals surface area contributed by atoms with E-state index in [1.54, 1.807) is 13.1 Å². The largest absolute Gasteiger partial charge is 0.495 e. The van der Waals surface area contributed by atoms with Gasteiger partial charge in [0, 0.05) is 50.0 Å². The van der Waals surface area contributed by atoms with E-state index >= 15 is 0 Å². The fourth-order valence-corrected chi connectivity index (χ4v) is 5.85. The van der Waals surface area contributed by atoms with Gasteiger partial charge in [-0.3, -0.25) is 14.6 Å². The van der Waals surface area contributed by atoms with Gasteiger partial charge in [-0.15, -0.1) is 0 Å². The highest BCUT2D eigenvalue weighted by Gasteiger charge is 2.50. The Morgan fingerprint density at radius 1 is 1.11 bits per heavy atom. The first-order valence-corrected chi connectivity index (χ1v) is 14.9. The zero-order valence-electron chi connectivity index (χ0n) is 25.8. The number of anilines is 7. The van der Waals surface area contributed by atoms with Gasteiger partial charge in [-0.25, -0.2) is 14.8 Å². The van der Waals surface area contributed by atoms with Crippen molar-refractivity contribution in [2.75, 3.05) is 78.9 Å². The molecule has 5 N–H and O–H groups in total. The summed E-state index contributed by atoms with van der Waals surface area (Å²) in [5, 5.41) is 8.99. The Bertz CT molecular complexity index is 1590. The predicted molar refractivity (Wildman–Crippen MR) is 178 cm³/mol. The summed E-state index contributed by atoms with van der Waals surface area (Å²) in [6.07, 6.45) is 4.96. The number of piperazine rings is 1. The van der Waals surface area contributed by atoms with Crippen LogP contribution in [0.1, 0.15) is 19.8 Å². The lowest BCUT2D eigenvalue weighted by atomic mass is 10.1. The number of halogens is 1. The van der Waals surface area contributed by atoms with Gasteiger partial charge < -0.3 is 36.1 Å². The Morgan fingerprint density at radius 2 is 1.87 bits per heavy atom. The van der Waals surface area contributed by atoms with Crippen LogP contribution in [0.5, 0.6) is 11.5 Å². The van der Waals surface area contributed by atoms with Crippen LogP contribution >= 0.6 is 11.6 Å². The number of aromatic nitrogens is 2. The van der Waals surface area contributed by atoms with E-state index in [4.69, 9.17) is 26.8 Å². The number of nitrogen functional groups attached to an aromatic ring is 1. The lowest BCUT2D eigenvalue weighted by molar-refractivity contribution is -0.111. The summed E-state index contributed by atoms with van der Waals surface area (Å²) in [4.78, 5) is 40.4. The third kappa shape index (κ3) is 6.54. The van der Waals surface area contributed by atoms with Crippen molar-refractivity contribution < 1.29 is 19.1 Å². The molecule has 1 aromatic heterocycles. The molecule has 1 saturated carbocycles. The first kappa shape index (κ1) is 31.7. The van der Waals surface area contributed by atoms with Gasteiger partial charge in [0.25, 0.3) is 0 Å². The summed E-state index contributed by atoms with van der Waals surface area (Å²) in [7, 11) is 4.44. The SMILES string of the molecule is C=CC(=O)Nc1cc(N2CCN(CC)C3(CC3)C2)ccc1Nc1cc(N(C)C(=O)Nc2c(N)c(OC)cc(OC)c2Cl)ncn1. The summed E-state index contributed by atoms with van der Waals surface area (Å²) < 4.78 is 10.6. The van der Waals surface area contributed by atoms with Crippen molar-refractivity contribution >= 4 is 63.6 Å². The average molecular weight is 636 g/mol. The van der Waals surface area contributed by atoms with E-state index in [1.807, 2.05) is 18.2 Å². The molecule has 2 fully saturated rings. The molecule has 14 heteroatoms. The molecule has 2 aliphatic rings. The van der Waals surface area contributed by atoms with Crippen molar-refractivity contribution in [3.63, 3.8) is 0 Å². The fraction of sp³-hybridized carbons (Fsp3) is 0.355. The van der Waals surface area contributed by atoms with Gasteiger partial charge in [0.2, 0.25) is 5.91 Å². The molecule has 13 nitrogen and oxygen atoms in total. The van der Waals surface area contributed by atoms with Crippen LogP contribution in [-0.4, -0.2) is 79.8 Å². The molecule has 1 aliphatic carbocycles. The molecular weight excluding hydrogens is 598 g/mol. The highest BCUT2D eigenvalue weighted by molar-refractivity contribution is 6.36. The molecule has 5 rings (SSSR count). The molecule has 3 amide bonds. The minimum absolute atomic E-state index is 0.125. The first-order chi connectivity index (χ1) is 21.6. The van der Waals surface area contributed by atoms with Crippen LogP contribution in [0.25, 0.3) is 0 Å². The third-order valence-electron chi connectivity index (χ3n) is 8.28. The van der Waals surface area contributed by atoms with Crippen LogP contribution in [-0.2, 0) is 4.79 Å². The molecule has 0 atom stereocenters. The summed E-state index contributed by atoms with van der Waals surface area (Å²) in [5.41, 5.74) is 8.93. The fourth-order valence-electron chi connectivity index (χ4n) is 5.57. The summed E-state index contributed by atoms with van der Waals surface area (Å²) >= 11 is 6.43. The second kappa shape index (κ2) is 13.1. The van der Waals surface area contributed by atoms with Gasteiger partial charge in [-0.2, -0.15) is 0 Å². The van der Waals surface area contributed by atoms with Gasteiger partial charge in [0.1, 0.15) is 34.5 Å². The van der Waals surface area contributed by atoms with Gasteiger partial charge in [0.05, 0.1) is 37.0 Å². The molecule has 238 valence electrons. The predicted octanol–water partition coefficient (Wildman–Crippen LogP) is 4.94. The smallest absolute Gasteiger partial charge is 0.327 e. The van der Waals surface area contributed by atoms with Crippen molar-refractivity contribution in [1.29, 1.82) is 0 Å². The number of ether oxygens (including phenoxy) is 2. The zero-order valence-corrected chi connectivity index (χ0v) is 26.6. The van der Waals surface area contributed by atoms with Crippen molar-refractivity contribution in [3.05, 3.63) is 54.3 Å². The molecular formula is C31H38ClN9O4. The van der Waals surface area contributed by atoms with Crippen LogP contribution in [0.15, 0.2) is 49.3 Å². The molecule has 2 heterocycles. The number of benzene rings is 2. The summed E-state index contributed by atoms with van der Waals surface area (Å²) in [5.74, 6) is 0.928. The lowest BCUT2D eigenvalue weighted by Crippen LogP contribution is -2.54. The van der Waals surface area contributed by atoms with Crippen LogP contribution in [0, 0.1) is 0 Å². The maximum atomic E-state index is 13.2. The Labute approximate surface area is 267 Å². The number of hydrogen-bond donors (Lipinski definition) is 4. The number of hydrogen-bond acceptors (Lipinski definition) is 10. The molecule has 1 spiro atoms. The van der Waals surface area contributed by atoms with Crippen LogP contribution < -0.4 is 41.0 Å². The normalized spacial score (nSPS) is 15.3. The lowest BCUT2D eigenvalue weighted by Gasteiger charge is -2.43. The maximum Gasteiger partial charge on any atom is 0.327 e. The number of amides is 3. The summed E-state index contributed by atoms with van der Waals surface area (Å²) in [6, 6.07) is 8.46. The molecule has 0 bridgehead atoms. The van der Waals surface area contributed by atoms with Crippen molar-refractivity contribution in [1.82, 2.24) is 14.9 Å². The van der Waals surface area contributed by atoms with E-state index in [9.17, 15) is 9.59 Å². The number of nitrogens with zero attached hydrogens (tertiary/aromatic N) is 5. The number of methoxy groups -OCH3 is 2. The number of urea groups is 1. The van der Waals surface area contributed by atoms with Gasteiger partial charge >= 0.3 is 6.03 Å². The van der Waals surface area contributed by atoms with Gasteiger partial charge in [0.15, 0.2) is 0 Å². The maximum absolute atomic E-state index is 13.2. The Morgan fingerprint density at radius 3 is 2.53 bits per heavy atom. The van der Waals surface area contributed by atoms with Crippen LogP contribution in [0.2, 0.25) is 5.02 Å². The zero-order chi connectivity index (χ0) is 32.3. The minimum atomic E-state index is -0.566. The molecule has 3 aromatic rings. The third-order valence-corrected chi connectivity index (χ3v) is 8.66. The molecule has 0 radical (unpaired) electrons. The first-order valence-electron chi connectivity index (χ1n) is 14.5. The summed E-state index contributed by atoms with van der Waals surface area (Å²) in [6.45, 7) is 9.71. The van der Waals surface area contributed by atoms with Gasteiger partial charge in [-0.05, 0) is 43.7 Å². The standard InChI is InChI=1S/C31H38ClN9O4/c1-6-26(42)37-21-14-19(40-12-13-41(7-2)31(17-40)10-11-31)8-9-20(21)36-24-16-25(35-18-34-24)39(3)30(43)38-29-27(32)22(44-4)15-23(45-5)28(29)33/h6,8-9,14-16,18H,1,7,10-13,17,33H2,2-5H3,(H,37,42)(H,38,43)(H,34,35,36). The molecule has 1 saturated heterocycles. The Kier molecular flexibility index (Phi) is 9.21. The van der Waals surface area contributed by atoms with Gasteiger partial charge in [-0.1, -0.05) is 25.1 Å². The topological polar surface area (TPSA) is 150 Å². The number of carbonyl (C=O) groups is 2. The Hall–Kier alpha value is -4.75. The second-order valence-corrected chi connectivity index (χ2v) is 11.3. The van der Waals surface area contributed by atoms with Crippen molar-refractivity contribution in [2.24, 2.45) is 0 Å². The number of nitrogens with one attached hydrogen (secondary N) is 3. The van der Waals surface area contributed by atoms with E-state index in [2.05, 4.69) is 49.2 Å². The van der Waals surface area contributed by atoms with Crippen LogP contribution in [0.3, 0.4) is 0 Å². The van der Waals surface area contributed by atoms with Crippen molar-refractivity contribution in [3.8, 4) is 11.5 Å². The van der Waals surface area contributed by atoms with Crippen LogP contribution in [0.4, 0.5) is 44.9 Å². The molecule has 0 unspecified atom stereocenters. The quantitative estimate of drug-likeness (QED) is 0.178. The Balaban J connectivity index is 1.36. The van der Waals surface area contributed by atoms with E-state index in [-0.39, 0.29) is 39.4 Å². The molecule has 1 aliphatic heterocycles. The number of likely N-dealkylation sites (N-methyl/N-ethyl adjacent to an activating group) is 1. The molecule has 45 heavy (non-hydrogen) atoms. The van der Waals surface area contributed by atoms with Crippen molar-refractivity contribution in [2.45, 2.75) is 25.3 Å². The average Bonchev–Trinajstić information content (AvgIpc) is 3.82. The van der Waals surface area contributed by atoms with E-state index in [1.165, 1.54) is 50.4 Å². The second-order valence-electron chi connectivity index (χ2n) is 10.9. The number of nitrogens with two attached hydrogens (primary N) is 1. The van der Waals surface area contributed by atoms with E-state index < -0.39 is 6.03 Å². The van der Waals surface area contributed by atoms with E-state index in [0.717, 1.165) is 31.9 Å². The highest BCUT2D eigenvalue weighted by Crippen LogP contribution is 2.46. The number of carbonyl (C=O) groups excluding carboxylic acids is 2. The monoisotopic (exact) mass is 635 g/mol. The minimum Gasteiger partial charge on any atom is -0.495 e. The highest BCUT2D eigenvalue weighted by atomic mass is 35.5. The number of rotatable bonds is 10.